The van der Waals surface area contributed by atoms with Gasteiger partial charge in [0, 0.05) is 33.7 Å². The van der Waals surface area contributed by atoms with E-state index in [0.717, 1.165) is 37.8 Å². The predicted molar refractivity (Wildman–Crippen MR) is 126 cm³/mol. The second-order valence-corrected chi connectivity index (χ2v) is 7.12. The average Bonchev–Trinajstić information content (AvgIpc) is 2.73. The molecule has 5 nitrogen and oxygen atoms in total. The Labute approximate surface area is 190 Å². The van der Waals surface area contributed by atoms with Crippen molar-refractivity contribution in [3.05, 3.63) is 71.5 Å². The van der Waals surface area contributed by atoms with Crippen molar-refractivity contribution in [2.75, 3.05) is 46.9 Å². The minimum Gasteiger partial charge on any atom is -0.379 e. The van der Waals surface area contributed by atoms with Gasteiger partial charge >= 0.3 is 0 Å². The molecule has 0 spiro atoms. The number of hydrogen-bond donors (Lipinski definition) is 1. The van der Waals surface area contributed by atoms with Gasteiger partial charge in [0.2, 0.25) is 0 Å². The van der Waals surface area contributed by atoms with Crippen LogP contribution in [0, 0.1) is 5.82 Å². The normalized spacial score (nSPS) is 16.0. The highest BCUT2D eigenvalue weighted by Crippen LogP contribution is 2.21. The molecule has 29 heavy (non-hydrogen) atoms. The molecule has 2 aromatic carbocycles. The zero-order valence-corrected chi connectivity index (χ0v) is 19.4. The smallest absolute Gasteiger partial charge is 0.193 e. The van der Waals surface area contributed by atoms with E-state index in [2.05, 4.69) is 22.3 Å². The Hall–Kier alpha value is -1.71. The Morgan fingerprint density at radius 2 is 1.76 bits per heavy atom. The topological polar surface area (TPSA) is 40.1 Å². The van der Waals surface area contributed by atoms with Crippen molar-refractivity contribution >= 4 is 29.9 Å². The molecule has 0 amide bonds. The van der Waals surface area contributed by atoms with Crippen LogP contribution in [0.1, 0.15) is 17.2 Å². The molecule has 1 atom stereocenters. The lowest BCUT2D eigenvalue weighted by atomic mass is 10.0. The fourth-order valence-corrected chi connectivity index (χ4v) is 3.32. The lowest BCUT2D eigenvalue weighted by Gasteiger charge is -2.35. The Balaban J connectivity index is 0.00000300. The van der Waals surface area contributed by atoms with Crippen LogP contribution in [-0.4, -0.2) is 62.7 Å². The molecular formula is C22H30FIN4O. The fourth-order valence-electron chi connectivity index (χ4n) is 3.32. The Morgan fingerprint density at radius 3 is 2.38 bits per heavy atom. The first kappa shape index (κ1) is 23.6. The zero-order valence-electron chi connectivity index (χ0n) is 17.1. The Morgan fingerprint density at radius 1 is 1.10 bits per heavy atom. The summed E-state index contributed by atoms with van der Waals surface area (Å²) in [5, 5.41) is 3.50. The van der Waals surface area contributed by atoms with Gasteiger partial charge in [0.05, 0.1) is 25.8 Å². The molecule has 3 rings (SSSR count). The van der Waals surface area contributed by atoms with Crippen LogP contribution in [0.3, 0.4) is 0 Å². The summed E-state index contributed by atoms with van der Waals surface area (Å²) in [6.45, 7) is 4.49. The summed E-state index contributed by atoms with van der Waals surface area (Å²) in [7, 11) is 3.97. The standard InChI is InChI=1S/C22H29FN4O.HI/c1-26(2)22(24-16-18-6-4-3-5-7-18)25-17-21(27-12-14-28-15-13-27)19-8-10-20(23)11-9-19;/h3-11,21H,12-17H2,1-2H3,(H,24,25);1H. The third-order valence-corrected chi connectivity index (χ3v) is 4.87. The van der Waals surface area contributed by atoms with Crippen molar-refractivity contribution in [3.63, 3.8) is 0 Å². The fraction of sp³-hybridized carbons (Fsp3) is 0.409. The lowest BCUT2D eigenvalue weighted by Crippen LogP contribution is -2.46. The van der Waals surface area contributed by atoms with Gasteiger partial charge in [-0.15, -0.1) is 24.0 Å². The van der Waals surface area contributed by atoms with Crippen molar-refractivity contribution in [2.24, 2.45) is 4.99 Å². The van der Waals surface area contributed by atoms with Gasteiger partial charge in [-0.3, -0.25) is 4.90 Å². The van der Waals surface area contributed by atoms with E-state index in [1.54, 1.807) is 0 Å². The summed E-state index contributed by atoms with van der Waals surface area (Å²) in [6.07, 6.45) is 0. The molecule has 1 N–H and O–H groups in total. The van der Waals surface area contributed by atoms with Crippen molar-refractivity contribution in [1.82, 2.24) is 15.1 Å². The Bertz CT molecular complexity index is 749. The first-order chi connectivity index (χ1) is 13.6. The van der Waals surface area contributed by atoms with Gasteiger partial charge in [-0.25, -0.2) is 9.38 Å². The highest BCUT2D eigenvalue weighted by atomic mass is 127. The molecule has 7 heteroatoms. The van der Waals surface area contributed by atoms with Crippen LogP contribution in [-0.2, 0) is 11.3 Å². The summed E-state index contributed by atoms with van der Waals surface area (Å²) in [5.41, 5.74) is 2.27. The summed E-state index contributed by atoms with van der Waals surface area (Å²) in [6, 6.07) is 17.1. The van der Waals surface area contributed by atoms with Crippen LogP contribution < -0.4 is 5.32 Å². The van der Waals surface area contributed by atoms with E-state index >= 15 is 0 Å². The van der Waals surface area contributed by atoms with Gasteiger partial charge in [-0.05, 0) is 23.3 Å². The molecule has 1 saturated heterocycles. The molecule has 1 heterocycles. The molecule has 0 bridgehead atoms. The molecule has 158 valence electrons. The van der Waals surface area contributed by atoms with Crippen molar-refractivity contribution in [2.45, 2.75) is 12.6 Å². The third kappa shape index (κ3) is 7.24. The van der Waals surface area contributed by atoms with Crippen molar-refractivity contribution in [3.8, 4) is 0 Å². The first-order valence-electron chi connectivity index (χ1n) is 9.70. The number of guanidine groups is 1. The number of nitrogens with zero attached hydrogens (tertiary/aromatic N) is 3. The van der Waals surface area contributed by atoms with Gasteiger partial charge in [0.25, 0.3) is 0 Å². The first-order valence-corrected chi connectivity index (χ1v) is 9.70. The lowest BCUT2D eigenvalue weighted by molar-refractivity contribution is 0.0169. The number of ether oxygens (including phenoxy) is 1. The molecule has 0 radical (unpaired) electrons. The van der Waals surface area contributed by atoms with Crippen LogP contribution >= 0.6 is 24.0 Å². The molecular weight excluding hydrogens is 482 g/mol. The highest BCUT2D eigenvalue weighted by Gasteiger charge is 2.23. The Kier molecular flexibility index (Phi) is 9.83. The average molecular weight is 512 g/mol. The maximum absolute atomic E-state index is 13.4. The van der Waals surface area contributed by atoms with E-state index < -0.39 is 0 Å². The summed E-state index contributed by atoms with van der Waals surface area (Å²) in [4.78, 5) is 9.12. The van der Waals surface area contributed by atoms with E-state index in [9.17, 15) is 4.39 Å². The summed E-state index contributed by atoms with van der Waals surface area (Å²) >= 11 is 0. The number of hydrogen-bond acceptors (Lipinski definition) is 3. The number of halogens is 2. The molecule has 0 aliphatic carbocycles. The number of benzene rings is 2. The van der Waals surface area contributed by atoms with Crippen molar-refractivity contribution in [1.29, 1.82) is 0 Å². The third-order valence-electron chi connectivity index (χ3n) is 4.87. The van der Waals surface area contributed by atoms with Gasteiger partial charge in [-0.2, -0.15) is 0 Å². The summed E-state index contributed by atoms with van der Waals surface area (Å²) in [5.74, 6) is 0.625. The molecule has 0 saturated carbocycles. The molecule has 1 fully saturated rings. The van der Waals surface area contributed by atoms with Gasteiger partial charge < -0.3 is 15.0 Å². The maximum Gasteiger partial charge on any atom is 0.193 e. The zero-order chi connectivity index (χ0) is 19.8. The predicted octanol–water partition coefficient (Wildman–Crippen LogP) is 3.52. The second kappa shape index (κ2) is 12.1. The van der Waals surface area contributed by atoms with Gasteiger partial charge in [0.1, 0.15) is 5.82 Å². The van der Waals surface area contributed by atoms with E-state index in [0.29, 0.717) is 13.1 Å². The SMILES string of the molecule is CN(C)C(=NCc1ccccc1)NCC(c1ccc(F)cc1)N1CCOCC1.I. The molecule has 2 aromatic rings. The quantitative estimate of drug-likeness (QED) is 0.366. The largest absolute Gasteiger partial charge is 0.379 e. The number of rotatable bonds is 6. The van der Waals surface area contributed by atoms with Crippen LogP contribution in [0.15, 0.2) is 59.6 Å². The molecule has 1 unspecified atom stereocenters. The summed E-state index contributed by atoms with van der Waals surface area (Å²) < 4.78 is 18.9. The van der Waals surface area contributed by atoms with Crippen molar-refractivity contribution < 1.29 is 9.13 Å². The minimum atomic E-state index is -0.212. The highest BCUT2D eigenvalue weighted by molar-refractivity contribution is 14.0. The number of nitrogens with one attached hydrogen (secondary N) is 1. The van der Waals surface area contributed by atoms with E-state index in [1.807, 2.05) is 49.3 Å². The maximum atomic E-state index is 13.4. The van der Waals surface area contributed by atoms with Crippen LogP contribution in [0.4, 0.5) is 4.39 Å². The van der Waals surface area contributed by atoms with Crippen LogP contribution in [0.25, 0.3) is 0 Å². The van der Waals surface area contributed by atoms with E-state index in [4.69, 9.17) is 9.73 Å². The number of morpholine rings is 1. The second-order valence-electron chi connectivity index (χ2n) is 7.12. The molecule has 1 aliphatic heterocycles. The number of aliphatic imine (C=N–C) groups is 1. The van der Waals surface area contributed by atoms with Gasteiger partial charge in [-0.1, -0.05) is 42.5 Å². The monoisotopic (exact) mass is 512 g/mol. The van der Waals surface area contributed by atoms with Crippen LogP contribution in [0.5, 0.6) is 0 Å². The minimum absolute atomic E-state index is 0. The van der Waals surface area contributed by atoms with E-state index in [-0.39, 0.29) is 35.8 Å². The van der Waals surface area contributed by atoms with Gasteiger partial charge in [0.15, 0.2) is 5.96 Å². The molecule has 0 aromatic heterocycles. The molecule has 1 aliphatic rings. The van der Waals surface area contributed by atoms with Crippen LogP contribution in [0.2, 0.25) is 0 Å². The van der Waals surface area contributed by atoms with E-state index in [1.165, 1.54) is 17.7 Å².